The third-order valence-corrected chi connectivity index (χ3v) is 2.62. The predicted octanol–water partition coefficient (Wildman–Crippen LogP) is 0.783. The Balaban J connectivity index is 1.95. The molecule has 2 aromatic heterocycles. The summed E-state index contributed by atoms with van der Waals surface area (Å²) in [6, 6.07) is 0. The minimum atomic E-state index is -0.407. The first-order valence-corrected chi connectivity index (χ1v) is 5.09. The van der Waals surface area contributed by atoms with Gasteiger partial charge in [-0.15, -0.1) is 0 Å². The van der Waals surface area contributed by atoms with Crippen molar-refractivity contribution in [2.75, 3.05) is 0 Å². The second kappa shape index (κ2) is 3.08. The van der Waals surface area contributed by atoms with E-state index < -0.39 is 5.54 Å². The van der Waals surface area contributed by atoms with Gasteiger partial charge in [-0.25, -0.2) is 9.97 Å². The molecule has 2 N–H and O–H groups in total. The van der Waals surface area contributed by atoms with Gasteiger partial charge in [0.05, 0.1) is 5.54 Å². The molecule has 3 rings (SSSR count). The van der Waals surface area contributed by atoms with Gasteiger partial charge in [0.25, 0.3) is 0 Å². The second-order valence-corrected chi connectivity index (χ2v) is 4.16. The van der Waals surface area contributed by atoms with Crippen LogP contribution in [0.15, 0.2) is 16.9 Å². The van der Waals surface area contributed by atoms with E-state index >= 15 is 0 Å². The number of nitrogens with zero attached hydrogens (tertiary/aromatic N) is 4. The minimum Gasteiger partial charge on any atom is -0.337 e. The number of hydrogen-bond acceptors (Lipinski definition) is 6. The Morgan fingerprint density at radius 3 is 2.56 bits per heavy atom. The van der Waals surface area contributed by atoms with Crippen molar-refractivity contribution < 1.29 is 4.52 Å². The second-order valence-electron chi connectivity index (χ2n) is 4.16. The Kier molecular flexibility index (Phi) is 1.81. The van der Waals surface area contributed by atoms with Crippen LogP contribution in [0.25, 0.3) is 11.6 Å². The van der Waals surface area contributed by atoms with Crippen LogP contribution in [0.1, 0.15) is 24.3 Å². The van der Waals surface area contributed by atoms with E-state index in [9.17, 15) is 0 Å². The third-order valence-electron chi connectivity index (χ3n) is 2.62. The van der Waals surface area contributed by atoms with Crippen LogP contribution in [-0.2, 0) is 5.54 Å². The Hall–Kier alpha value is -1.82. The van der Waals surface area contributed by atoms with Crippen LogP contribution in [0.3, 0.4) is 0 Å². The van der Waals surface area contributed by atoms with E-state index in [0.717, 1.165) is 18.4 Å². The summed E-state index contributed by atoms with van der Waals surface area (Å²) in [5, 5.41) is 3.83. The van der Waals surface area contributed by atoms with Gasteiger partial charge in [0.2, 0.25) is 17.5 Å². The molecule has 0 atom stereocenters. The van der Waals surface area contributed by atoms with E-state index in [1.807, 2.05) is 6.92 Å². The standard InChI is InChI=1S/C10H11N5O/c1-6-4-12-7(13-5-6)8-14-9(16-15-8)10(11)2-3-10/h4-5H,2-3,11H2,1H3. The van der Waals surface area contributed by atoms with Crippen LogP contribution < -0.4 is 5.73 Å². The molecule has 6 nitrogen and oxygen atoms in total. The third kappa shape index (κ3) is 1.47. The fraction of sp³-hybridized carbons (Fsp3) is 0.400. The summed E-state index contributed by atoms with van der Waals surface area (Å²) in [5.74, 6) is 1.34. The molecule has 2 aromatic rings. The molecular formula is C10H11N5O. The Bertz CT molecular complexity index is 514. The summed E-state index contributed by atoms with van der Waals surface area (Å²) in [6.45, 7) is 1.92. The molecule has 1 fully saturated rings. The van der Waals surface area contributed by atoms with Gasteiger partial charge in [0.15, 0.2) is 0 Å². The molecule has 82 valence electrons. The van der Waals surface area contributed by atoms with Crippen molar-refractivity contribution >= 4 is 0 Å². The summed E-state index contributed by atoms with van der Waals surface area (Å²) in [5.41, 5.74) is 6.53. The zero-order chi connectivity index (χ0) is 11.2. The topological polar surface area (TPSA) is 90.7 Å². The van der Waals surface area contributed by atoms with Crippen molar-refractivity contribution in [2.24, 2.45) is 5.73 Å². The first kappa shape index (κ1) is 9.41. The minimum absolute atomic E-state index is 0.395. The monoisotopic (exact) mass is 217 g/mol. The van der Waals surface area contributed by atoms with Crippen LogP contribution in [0, 0.1) is 6.92 Å². The highest BCUT2D eigenvalue weighted by Crippen LogP contribution is 2.41. The van der Waals surface area contributed by atoms with E-state index in [0.29, 0.717) is 17.5 Å². The Labute approximate surface area is 91.9 Å². The maximum absolute atomic E-state index is 5.95. The van der Waals surface area contributed by atoms with Gasteiger partial charge in [-0.05, 0) is 25.3 Å². The molecule has 0 bridgehead atoms. The van der Waals surface area contributed by atoms with Crippen molar-refractivity contribution in [3.05, 3.63) is 23.8 Å². The van der Waals surface area contributed by atoms with Crippen LogP contribution in [-0.4, -0.2) is 20.1 Å². The number of aryl methyl sites for hydroxylation is 1. The van der Waals surface area contributed by atoms with Crippen LogP contribution >= 0.6 is 0 Å². The highest BCUT2D eigenvalue weighted by molar-refractivity contribution is 5.41. The van der Waals surface area contributed by atoms with Crippen molar-refractivity contribution in [1.29, 1.82) is 0 Å². The van der Waals surface area contributed by atoms with E-state index in [2.05, 4.69) is 20.1 Å². The normalized spacial score (nSPS) is 17.4. The van der Waals surface area contributed by atoms with E-state index in [4.69, 9.17) is 10.3 Å². The van der Waals surface area contributed by atoms with Crippen LogP contribution in [0.2, 0.25) is 0 Å². The van der Waals surface area contributed by atoms with Crippen molar-refractivity contribution in [3.8, 4) is 11.6 Å². The predicted molar refractivity (Wildman–Crippen MR) is 55.2 cm³/mol. The summed E-state index contributed by atoms with van der Waals surface area (Å²) in [6.07, 6.45) is 5.22. The fourth-order valence-electron chi connectivity index (χ4n) is 1.37. The van der Waals surface area contributed by atoms with Gasteiger partial charge in [-0.1, -0.05) is 5.16 Å². The lowest BCUT2D eigenvalue weighted by molar-refractivity contribution is 0.348. The molecule has 1 aliphatic rings. The van der Waals surface area contributed by atoms with E-state index in [-0.39, 0.29) is 0 Å². The van der Waals surface area contributed by atoms with Gasteiger partial charge in [-0.2, -0.15) is 4.98 Å². The average Bonchev–Trinajstić information content (AvgIpc) is 2.84. The fourth-order valence-corrected chi connectivity index (χ4v) is 1.37. The van der Waals surface area contributed by atoms with Gasteiger partial charge >= 0.3 is 0 Å². The molecule has 0 aliphatic heterocycles. The molecule has 6 heteroatoms. The first-order chi connectivity index (χ1) is 7.67. The molecule has 2 heterocycles. The van der Waals surface area contributed by atoms with Gasteiger partial charge < -0.3 is 10.3 Å². The molecule has 0 aromatic carbocycles. The summed E-state index contributed by atoms with van der Waals surface area (Å²) in [7, 11) is 0. The van der Waals surface area contributed by atoms with Crippen LogP contribution in [0.4, 0.5) is 0 Å². The molecule has 0 saturated heterocycles. The number of rotatable bonds is 2. The summed E-state index contributed by atoms with van der Waals surface area (Å²) in [4.78, 5) is 12.5. The number of hydrogen-bond donors (Lipinski definition) is 1. The SMILES string of the molecule is Cc1cnc(-c2noc(C3(N)CC3)n2)nc1. The molecule has 0 unspecified atom stereocenters. The van der Waals surface area contributed by atoms with Crippen molar-refractivity contribution in [1.82, 2.24) is 20.1 Å². The maximum Gasteiger partial charge on any atom is 0.247 e. The average molecular weight is 217 g/mol. The van der Waals surface area contributed by atoms with Crippen LogP contribution in [0.5, 0.6) is 0 Å². The van der Waals surface area contributed by atoms with Gasteiger partial charge in [0.1, 0.15) is 0 Å². The smallest absolute Gasteiger partial charge is 0.247 e. The molecule has 1 aliphatic carbocycles. The Morgan fingerprint density at radius 1 is 1.25 bits per heavy atom. The zero-order valence-corrected chi connectivity index (χ0v) is 8.84. The van der Waals surface area contributed by atoms with Gasteiger partial charge in [0, 0.05) is 12.4 Å². The maximum atomic E-state index is 5.95. The van der Waals surface area contributed by atoms with E-state index in [1.165, 1.54) is 0 Å². The van der Waals surface area contributed by atoms with Crippen molar-refractivity contribution in [3.63, 3.8) is 0 Å². The van der Waals surface area contributed by atoms with Crippen molar-refractivity contribution in [2.45, 2.75) is 25.3 Å². The summed E-state index contributed by atoms with van der Waals surface area (Å²) >= 11 is 0. The first-order valence-electron chi connectivity index (χ1n) is 5.09. The largest absolute Gasteiger partial charge is 0.337 e. The lowest BCUT2D eigenvalue weighted by atomic mass is 10.3. The lowest BCUT2D eigenvalue weighted by Gasteiger charge is -1.97. The summed E-state index contributed by atoms with van der Waals surface area (Å²) < 4.78 is 5.11. The quantitative estimate of drug-likeness (QED) is 0.799. The van der Waals surface area contributed by atoms with Gasteiger partial charge in [-0.3, -0.25) is 0 Å². The highest BCUT2D eigenvalue weighted by Gasteiger charge is 2.45. The molecule has 16 heavy (non-hydrogen) atoms. The number of aromatic nitrogens is 4. The molecule has 0 spiro atoms. The molecule has 0 radical (unpaired) electrons. The molecule has 0 amide bonds. The van der Waals surface area contributed by atoms with E-state index in [1.54, 1.807) is 12.4 Å². The molecule has 1 saturated carbocycles. The molecular weight excluding hydrogens is 206 g/mol. The number of nitrogens with two attached hydrogens (primary N) is 1. The Morgan fingerprint density at radius 2 is 1.94 bits per heavy atom. The highest BCUT2D eigenvalue weighted by atomic mass is 16.5. The zero-order valence-electron chi connectivity index (χ0n) is 8.84. The lowest BCUT2D eigenvalue weighted by Crippen LogP contribution is -2.18.